The monoisotopic (exact) mass is 287 g/mol. The van der Waals surface area contributed by atoms with Crippen molar-refractivity contribution in [2.45, 2.75) is 33.1 Å². The Balaban J connectivity index is 2.56. The Labute approximate surface area is 116 Å². The highest BCUT2D eigenvalue weighted by Crippen LogP contribution is 2.31. The Morgan fingerprint density at radius 2 is 2.22 bits per heavy atom. The number of carbonyl (C=O) groups excluding carboxylic acids is 1. The van der Waals surface area contributed by atoms with Crippen LogP contribution in [0.1, 0.15) is 33.1 Å². The van der Waals surface area contributed by atoms with Crippen LogP contribution in [0.2, 0.25) is 0 Å². The first kappa shape index (κ1) is 15.2. The van der Waals surface area contributed by atoms with Crippen LogP contribution in [0.4, 0.5) is 0 Å². The van der Waals surface area contributed by atoms with Crippen LogP contribution in [0, 0.1) is 5.92 Å². The van der Waals surface area contributed by atoms with Crippen LogP contribution in [0.25, 0.3) is 0 Å². The van der Waals surface area contributed by atoms with Gasteiger partial charge in [-0.2, -0.15) is 0 Å². The second kappa shape index (κ2) is 6.89. The number of hydrogen-bond donors (Lipinski definition) is 1. The summed E-state index contributed by atoms with van der Waals surface area (Å²) in [4.78, 5) is 24.6. The van der Waals surface area contributed by atoms with Crippen LogP contribution in [-0.4, -0.2) is 32.7 Å². The van der Waals surface area contributed by atoms with Gasteiger partial charge in [0.05, 0.1) is 4.91 Å². The van der Waals surface area contributed by atoms with E-state index < -0.39 is 5.97 Å². The third-order valence-electron chi connectivity index (χ3n) is 2.42. The van der Waals surface area contributed by atoms with Crippen LogP contribution >= 0.6 is 24.0 Å². The predicted molar refractivity (Wildman–Crippen MR) is 76.3 cm³/mol. The van der Waals surface area contributed by atoms with Gasteiger partial charge in [0, 0.05) is 13.0 Å². The molecule has 1 aliphatic rings. The second-order valence-electron chi connectivity index (χ2n) is 4.52. The van der Waals surface area contributed by atoms with E-state index in [1.807, 2.05) is 6.08 Å². The van der Waals surface area contributed by atoms with Crippen LogP contribution < -0.4 is 0 Å². The van der Waals surface area contributed by atoms with Gasteiger partial charge >= 0.3 is 5.97 Å². The number of hydrogen-bond acceptors (Lipinski definition) is 4. The molecule has 0 unspecified atom stereocenters. The van der Waals surface area contributed by atoms with Crippen molar-refractivity contribution in [1.29, 1.82) is 0 Å². The number of thioether (sulfide) groups is 1. The molecule has 1 heterocycles. The van der Waals surface area contributed by atoms with Gasteiger partial charge in [0.15, 0.2) is 0 Å². The first-order chi connectivity index (χ1) is 8.41. The van der Waals surface area contributed by atoms with Gasteiger partial charge in [-0.25, -0.2) is 0 Å². The zero-order chi connectivity index (χ0) is 13.7. The molecule has 1 rings (SSSR count). The van der Waals surface area contributed by atoms with Crippen LogP contribution in [0.3, 0.4) is 0 Å². The largest absolute Gasteiger partial charge is 0.481 e. The maximum absolute atomic E-state index is 12.0. The highest BCUT2D eigenvalue weighted by Gasteiger charge is 2.31. The molecule has 6 heteroatoms. The number of carboxylic acid groups (broad SMARTS) is 1. The standard InChI is InChI=1S/C12H17NO3S2/c1-8(2)5-6-9-11(16)13(12(17)18-9)7-3-4-10(14)15/h6,8H,3-5,7H2,1-2H3,(H,14,15)/b9-6-. The fraction of sp³-hybridized carbons (Fsp3) is 0.583. The fourth-order valence-corrected chi connectivity index (χ4v) is 2.75. The van der Waals surface area contributed by atoms with E-state index in [1.165, 1.54) is 16.7 Å². The van der Waals surface area contributed by atoms with E-state index in [0.717, 1.165) is 6.42 Å². The lowest BCUT2D eigenvalue weighted by Crippen LogP contribution is -2.29. The van der Waals surface area contributed by atoms with Gasteiger partial charge < -0.3 is 5.11 Å². The molecule has 1 saturated heterocycles. The average Bonchev–Trinajstić information content (AvgIpc) is 2.53. The molecule has 0 aromatic heterocycles. The van der Waals surface area contributed by atoms with Crippen molar-refractivity contribution in [3.05, 3.63) is 11.0 Å². The summed E-state index contributed by atoms with van der Waals surface area (Å²) in [5.74, 6) is -0.438. The summed E-state index contributed by atoms with van der Waals surface area (Å²) in [6.07, 6.45) is 3.25. The van der Waals surface area contributed by atoms with Crippen molar-refractivity contribution in [3.63, 3.8) is 0 Å². The SMILES string of the molecule is CC(C)C/C=C1\SC(=S)N(CCCC(=O)O)C1=O. The number of amides is 1. The lowest BCUT2D eigenvalue weighted by Gasteiger charge is -2.13. The van der Waals surface area contributed by atoms with Crippen molar-refractivity contribution < 1.29 is 14.7 Å². The Morgan fingerprint density at radius 3 is 2.78 bits per heavy atom. The Kier molecular flexibility index (Phi) is 5.81. The van der Waals surface area contributed by atoms with Crippen LogP contribution in [0.15, 0.2) is 11.0 Å². The summed E-state index contributed by atoms with van der Waals surface area (Å²) in [7, 11) is 0. The van der Waals surface area contributed by atoms with Crippen molar-refractivity contribution >= 4 is 40.2 Å². The zero-order valence-electron chi connectivity index (χ0n) is 10.5. The molecule has 0 saturated carbocycles. The predicted octanol–water partition coefficient (Wildman–Crippen LogP) is 2.64. The normalized spacial score (nSPS) is 18.2. The Hall–Kier alpha value is -0.880. The summed E-state index contributed by atoms with van der Waals surface area (Å²) in [5.41, 5.74) is 0. The molecule has 1 amide bonds. The van der Waals surface area contributed by atoms with Crippen molar-refractivity contribution in [2.24, 2.45) is 5.92 Å². The topological polar surface area (TPSA) is 57.6 Å². The van der Waals surface area contributed by atoms with Crippen molar-refractivity contribution in [2.75, 3.05) is 6.54 Å². The number of carboxylic acids is 1. The van der Waals surface area contributed by atoms with Gasteiger partial charge in [-0.1, -0.05) is 43.9 Å². The lowest BCUT2D eigenvalue weighted by atomic mass is 10.1. The molecule has 100 valence electrons. The first-order valence-electron chi connectivity index (χ1n) is 5.87. The molecule has 0 spiro atoms. The highest BCUT2D eigenvalue weighted by atomic mass is 32.2. The molecule has 1 aliphatic heterocycles. The molecule has 1 fully saturated rings. The molecule has 0 bridgehead atoms. The summed E-state index contributed by atoms with van der Waals surface area (Å²) < 4.78 is 0.528. The molecular formula is C12H17NO3S2. The van der Waals surface area contributed by atoms with Gasteiger partial charge in [0.2, 0.25) is 0 Å². The number of rotatable bonds is 6. The molecule has 0 aliphatic carbocycles. The summed E-state index contributed by atoms with van der Waals surface area (Å²) >= 11 is 6.44. The van der Waals surface area contributed by atoms with Gasteiger partial charge in [0.25, 0.3) is 5.91 Å². The van der Waals surface area contributed by atoms with E-state index in [-0.39, 0.29) is 12.3 Å². The minimum absolute atomic E-state index is 0.0576. The van der Waals surface area contributed by atoms with E-state index in [1.54, 1.807) is 0 Å². The smallest absolute Gasteiger partial charge is 0.303 e. The minimum atomic E-state index is -0.851. The van der Waals surface area contributed by atoms with Gasteiger partial charge in [-0.05, 0) is 18.8 Å². The summed E-state index contributed by atoms with van der Waals surface area (Å²) in [6.45, 7) is 4.56. The van der Waals surface area contributed by atoms with Crippen LogP contribution in [0.5, 0.6) is 0 Å². The molecular weight excluding hydrogens is 270 g/mol. The summed E-state index contributed by atoms with van der Waals surface area (Å²) in [6, 6.07) is 0. The maximum Gasteiger partial charge on any atom is 0.303 e. The number of aliphatic carboxylic acids is 1. The molecule has 1 N–H and O–H groups in total. The van der Waals surface area contributed by atoms with Crippen molar-refractivity contribution in [1.82, 2.24) is 4.90 Å². The van der Waals surface area contributed by atoms with E-state index in [2.05, 4.69) is 13.8 Å². The third kappa shape index (κ3) is 4.42. The van der Waals surface area contributed by atoms with E-state index >= 15 is 0 Å². The number of carbonyl (C=O) groups is 2. The minimum Gasteiger partial charge on any atom is -0.481 e. The average molecular weight is 287 g/mol. The lowest BCUT2D eigenvalue weighted by molar-refractivity contribution is -0.137. The molecule has 0 atom stereocenters. The molecule has 0 radical (unpaired) electrons. The summed E-state index contributed by atoms with van der Waals surface area (Å²) in [5, 5.41) is 8.56. The fourth-order valence-electron chi connectivity index (χ4n) is 1.46. The Bertz CT molecular complexity index is 391. The molecule has 4 nitrogen and oxygen atoms in total. The van der Waals surface area contributed by atoms with E-state index in [0.29, 0.717) is 28.1 Å². The number of nitrogens with zero attached hydrogens (tertiary/aromatic N) is 1. The van der Waals surface area contributed by atoms with Crippen LogP contribution in [-0.2, 0) is 9.59 Å². The highest BCUT2D eigenvalue weighted by molar-refractivity contribution is 8.26. The van der Waals surface area contributed by atoms with E-state index in [4.69, 9.17) is 17.3 Å². The van der Waals surface area contributed by atoms with Crippen molar-refractivity contribution in [3.8, 4) is 0 Å². The Morgan fingerprint density at radius 1 is 1.56 bits per heavy atom. The molecule has 18 heavy (non-hydrogen) atoms. The number of allylic oxidation sites excluding steroid dienone is 1. The second-order valence-corrected chi connectivity index (χ2v) is 6.20. The van der Waals surface area contributed by atoms with Gasteiger partial charge in [0.1, 0.15) is 4.32 Å². The third-order valence-corrected chi connectivity index (χ3v) is 3.85. The van der Waals surface area contributed by atoms with E-state index in [9.17, 15) is 9.59 Å². The van der Waals surface area contributed by atoms with Gasteiger partial charge in [-0.15, -0.1) is 0 Å². The number of thiocarbonyl (C=S) groups is 1. The quantitative estimate of drug-likeness (QED) is 0.601. The molecule has 0 aromatic carbocycles. The zero-order valence-corrected chi connectivity index (χ0v) is 12.1. The maximum atomic E-state index is 12.0. The van der Waals surface area contributed by atoms with Gasteiger partial charge in [-0.3, -0.25) is 14.5 Å². The first-order valence-corrected chi connectivity index (χ1v) is 7.10. The molecule has 0 aromatic rings.